The summed E-state index contributed by atoms with van der Waals surface area (Å²) in [5.74, 6) is 6.00. The Balaban J connectivity index is 1.36. The van der Waals surface area contributed by atoms with Crippen molar-refractivity contribution in [1.29, 1.82) is 0 Å². The Kier molecular flexibility index (Phi) is 10.6. The number of hydrogen-bond donors (Lipinski definition) is 2. The Bertz CT molecular complexity index is 1810. The maximum absolute atomic E-state index is 13.8. The molecule has 0 radical (unpaired) electrons. The number of halogens is 3. The first-order valence-electron chi connectivity index (χ1n) is 16.0. The Morgan fingerprint density at radius 2 is 1.88 bits per heavy atom. The number of amides is 1. The lowest BCUT2D eigenvalue weighted by molar-refractivity contribution is -0.140. The number of rotatable bonds is 8. The van der Waals surface area contributed by atoms with Crippen LogP contribution in [0.2, 0.25) is 0 Å². The summed E-state index contributed by atoms with van der Waals surface area (Å²) in [7, 11) is -2.01. The van der Waals surface area contributed by atoms with Crippen molar-refractivity contribution in [3.8, 4) is 17.6 Å². The number of likely N-dealkylation sites (tertiary alicyclic amines) is 1. The second-order valence-corrected chi connectivity index (χ2v) is 14.9. The van der Waals surface area contributed by atoms with Crippen LogP contribution < -0.4 is 15.4 Å². The van der Waals surface area contributed by atoms with Crippen molar-refractivity contribution >= 4 is 32.5 Å². The number of piperidine rings is 1. The first-order valence-corrected chi connectivity index (χ1v) is 17.9. The van der Waals surface area contributed by atoms with Gasteiger partial charge in [-0.05, 0) is 69.4 Å². The van der Waals surface area contributed by atoms with Gasteiger partial charge in [0.25, 0.3) is 5.91 Å². The van der Waals surface area contributed by atoms with Gasteiger partial charge in [0.15, 0.2) is 9.84 Å². The van der Waals surface area contributed by atoms with Crippen molar-refractivity contribution < 1.29 is 35.9 Å². The molecule has 1 aromatic heterocycles. The first kappa shape index (κ1) is 35.5. The lowest BCUT2D eigenvalue weighted by Gasteiger charge is -2.45. The molecule has 3 heterocycles. The minimum atomic E-state index is -4.50. The molecule has 10 nitrogen and oxygen atoms in total. The van der Waals surface area contributed by atoms with Crippen LogP contribution in [0.1, 0.15) is 56.0 Å². The molecule has 3 aromatic rings. The third-order valence-corrected chi connectivity index (χ3v) is 10.1. The molecule has 2 saturated heterocycles. The van der Waals surface area contributed by atoms with Crippen molar-refractivity contribution in [2.75, 3.05) is 38.3 Å². The molecule has 260 valence electrons. The zero-order chi connectivity index (χ0) is 34.8. The highest BCUT2D eigenvalue weighted by molar-refractivity contribution is 7.90. The fourth-order valence-electron chi connectivity index (χ4n) is 6.71. The summed E-state index contributed by atoms with van der Waals surface area (Å²) in [5, 5.41) is 6.17. The van der Waals surface area contributed by atoms with Gasteiger partial charge in [-0.1, -0.05) is 18.8 Å². The molecular formula is C34H42F3N5O5S. The van der Waals surface area contributed by atoms with Crippen molar-refractivity contribution in [2.45, 2.75) is 81.9 Å². The van der Waals surface area contributed by atoms with Crippen LogP contribution in [-0.4, -0.2) is 92.2 Å². The summed E-state index contributed by atoms with van der Waals surface area (Å²) in [5.41, 5.74) is 1.20. The third kappa shape index (κ3) is 8.61. The highest BCUT2D eigenvalue weighted by atomic mass is 32.2. The van der Waals surface area contributed by atoms with Crippen LogP contribution in [0.3, 0.4) is 0 Å². The number of nitrogens with one attached hydrogen (secondary N) is 2. The van der Waals surface area contributed by atoms with Gasteiger partial charge in [0.2, 0.25) is 0 Å². The van der Waals surface area contributed by atoms with Crippen molar-refractivity contribution in [2.24, 2.45) is 5.92 Å². The molecule has 2 fully saturated rings. The number of imidazole rings is 1. The number of aromatic nitrogens is 2. The van der Waals surface area contributed by atoms with Crippen LogP contribution in [0, 0.1) is 17.8 Å². The van der Waals surface area contributed by atoms with Gasteiger partial charge >= 0.3 is 6.18 Å². The summed E-state index contributed by atoms with van der Waals surface area (Å²) >= 11 is 0. The van der Waals surface area contributed by atoms with Crippen LogP contribution in [0.25, 0.3) is 11.0 Å². The van der Waals surface area contributed by atoms with Crippen molar-refractivity contribution in [3.63, 3.8) is 0 Å². The van der Waals surface area contributed by atoms with E-state index >= 15 is 0 Å². The number of methoxy groups -OCH3 is 1. The predicted molar refractivity (Wildman–Crippen MR) is 177 cm³/mol. The predicted octanol–water partition coefficient (Wildman–Crippen LogP) is 4.87. The Morgan fingerprint density at radius 1 is 1.15 bits per heavy atom. The number of anilines is 1. The number of carbonyl (C=O) groups excluding carboxylic acids is 1. The largest absolute Gasteiger partial charge is 0.495 e. The van der Waals surface area contributed by atoms with E-state index in [1.54, 1.807) is 6.07 Å². The molecule has 0 saturated carbocycles. The SMILES string of the molecule is COc1ccc(S(C)(=O)=O)cc1NCC#Cc1cc(C(=O)N[C@H]2CCN(C3C[C@@H](C)O[C@@H](C)C3)C[C@@H]2C)c2ncn(CC(F)(F)F)c2c1. The summed E-state index contributed by atoms with van der Waals surface area (Å²) < 4.78 is 76.5. The quantitative estimate of drug-likeness (QED) is 0.322. The summed E-state index contributed by atoms with van der Waals surface area (Å²) in [6, 6.07) is 7.75. The number of alkyl halides is 3. The number of carbonyl (C=O) groups is 1. The monoisotopic (exact) mass is 689 g/mol. The van der Waals surface area contributed by atoms with Crippen LogP contribution in [-0.2, 0) is 21.1 Å². The van der Waals surface area contributed by atoms with E-state index in [0.717, 1.165) is 49.5 Å². The van der Waals surface area contributed by atoms with Gasteiger partial charge in [-0.2, -0.15) is 13.2 Å². The van der Waals surface area contributed by atoms with E-state index in [2.05, 4.69) is 53.1 Å². The van der Waals surface area contributed by atoms with Gasteiger partial charge in [-0.3, -0.25) is 9.69 Å². The zero-order valence-corrected chi connectivity index (χ0v) is 28.5. The van der Waals surface area contributed by atoms with Gasteiger partial charge in [0.1, 0.15) is 17.8 Å². The topological polar surface area (TPSA) is 115 Å². The standard InChI is InChI=1S/C34H42F3N5O5S/c1-21-18-41(25-13-22(2)47-23(3)14-25)12-10-28(21)40-33(43)27-15-24(16-30-32(27)39-20-42(30)19-34(35,36)37)7-6-11-38-29-17-26(48(5,44)45)8-9-31(29)46-4/h8-9,15-17,20-23,25,28,38H,10-14,18-19H2,1-5H3,(H,40,43)/t21-,22-,23+,25?,28-/m0/s1. The molecule has 14 heteroatoms. The maximum atomic E-state index is 13.8. The van der Waals surface area contributed by atoms with Crippen LogP contribution in [0.4, 0.5) is 18.9 Å². The van der Waals surface area contributed by atoms with Gasteiger partial charge < -0.3 is 24.7 Å². The van der Waals surface area contributed by atoms with Gasteiger partial charge in [0.05, 0.1) is 53.9 Å². The molecular weight excluding hydrogens is 647 g/mol. The molecule has 0 spiro atoms. The highest BCUT2D eigenvalue weighted by Gasteiger charge is 2.35. The minimum Gasteiger partial charge on any atom is -0.495 e. The van der Waals surface area contributed by atoms with Crippen molar-refractivity contribution in [1.82, 2.24) is 19.8 Å². The molecule has 0 bridgehead atoms. The average molecular weight is 690 g/mol. The minimum absolute atomic E-state index is 0.0612. The molecule has 2 aliphatic rings. The number of ether oxygens (including phenoxy) is 2. The average Bonchev–Trinajstić information content (AvgIpc) is 3.39. The molecule has 2 aliphatic heterocycles. The molecule has 1 unspecified atom stereocenters. The van der Waals surface area contributed by atoms with Crippen LogP contribution >= 0.6 is 0 Å². The second kappa shape index (κ2) is 14.4. The fourth-order valence-corrected chi connectivity index (χ4v) is 7.35. The first-order chi connectivity index (χ1) is 22.6. The van der Waals surface area contributed by atoms with E-state index in [1.165, 1.54) is 31.4 Å². The normalized spacial score (nSPS) is 23.7. The van der Waals surface area contributed by atoms with E-state index in [0.29, 0.717) is 23.0 Å². The smallest absolute Gasteiger partial charge is 0.406 e. The van der Waals surface area contributed by atoms with E-state index in [4.69, 9.17) is 9.47 Å². The van der Waals surface area contributed by atoms with Crippen LogP contribution in [0.5, 0.6) is 5.75 Å². The molecule has 1 amide bonds. The molecule has 0 aliphatic carbocycles. The molecule has 2 aromatic carbocycles. The lowest BCUT2D eigenvalue weighted by Crippen LogP contribution is -2.54. The molecule has 5 atom stereocenters. The van der Waals surface area contributed by atoms with Crippen molar-refractivity contribution in [3.05, 3.63) is 47.8 Å². The molecule has 2 N–H and O–H groups in total. The highest BCUT2D eigenvalue weighted by Crippen LogP contribution is 2.30. The Labute approximate surface area is 279 Å². The van der Waals surface area contributed by atoms with Gasteiger partial charge in [0, 0.05) is 37.0 Å². The Hall–Kier alpha value is -3.80. The number of fused-ring (bicyclic) bond motifs is 1. The molecule has 48 heavy (non-hydrogen) atoms. The number of nitrogens with zero attached hydrogens (tertiary/aromatic N) is 3. The van der Waals surface area contributed by atoms with Gasteiger partial charge in [-0.25, -0.2) is 13.4 Å². The fraction of sp³-hybridized carbons (Fsp3) is 0.529. The molecule has 5 rings (SSSR count). The Morgan fingerprint density at radius 3 is 2.52 bits per heavy atom. The number of sulfone groups is 1. The third-order valence-electron chi connectivity index (χ3n) is 8.96. The maximum Gasteiger partial charge on any atom is 0.406 e. The van der Waals surface area contributed by atoms with E-state index in [1.807, 2.05) is 0 Å². The van der Waals surface area contributed by atoms with Crippen LogP contribution in [0.15, 0.2) is 41.6 Å². The van der Waals surface area contributed by atoms with E-state index in [-0.39, 0.29) is 52.2 Å². The second-order valence-electron chi connectivity index (χ2n) is 12.9. The van der Waals surface area contributed by atoms with Gasteiger partial charge in [-0.15, -0.1) is 0 Å². The summed E-state index contributed by atoms with van der Waals surface area (Å²) in [6.45, 7) is 6.74. The van der Waals surface area contributed by atoms with E-state index in [9.17, 15) is 26.4 Å². The van der Waals surface area contributed by atoms with E-state index < -0.39 is 28.5 Å². The number of hydrogen-bond acceptors (Lipinski definition) is 8. The summed E-state index contributed by atoms with van der Waals surface area (Å²) in [4.78, 5) is 20.5. The number of benzene rings is 2. The zero-order valence-electron chi connectivity index (χ0n) is 27.7. The lowest BCUT2D eigenvalue weighted by atomic mass is 9.89. The summed E-state index contributed by atoms with van der Waals surface area (Å²) in [6.07, 6.45) is 0.776.